The molecule has 0 aromatic heterocycles. The van der Waals surface area contributed by atoms with Gasteiger partial charge in [-0.1, -0.05) is 12.1 Å². The van der Waals surface area contributed by atoms with Crippen LogP contribution in [0, 0.1) is 11.6 Å². The van der Waals surface area contributed by atoms with Crippen LogP contribution in [0.5, 0.6) is 0 Å². The quantitative estimate of drug-likeness (QED) is 0.864. The van der Waals surface area contributed by atoms with E-state index in [0.717, 1.165) is 23.3 Å². The molecule has 5 heteroatoms. The molecule has 0 unspecified atom stereocenters. The van der Waals surface area contributed by atoms with Gasteiger partial charge >= 0.3 is 0 Å². The Balaban J connectivity index is 1.73. The molecule has 1 heterocycles. The van der Waals surface area contributed by atoms with Gasteiger partial charge in [-0.05, 0) is 34.9 Å². The standard InChI is InChI=1S/C16H14F2N2O/c17-13-3-1-10(15(18)7-13)6-16(21)20-8-11-2-4-14(19)5-12(11)9-20/h1-5,7H,6,8-9,19H2. The van der Waals surface area contributed by atoms with Gasteiger partial charge in [-0.3, -0.25) is 4.79 Å². The van der Waals surface area contributed by atoms with Crippen LogP contribution in [0.1, 0.15) is 16.7 Å². The molecule has 108 valence electrons. The predicted octanol–water partition coefficient (Wildman–Crippen LogP) is 2.63. The third-order valence-corrected chi connectivity index (χ3v) is 3.66. The van der Waals surface area contributed by atoms with Crippen molar-refractivity contribution in [2.75, 3.05) is 5.73 Å². The van der Waals surface area contributed by atoms with E-state index in [9.17, 15) is 13.6 Å². The van der Waals surface area contributed by atoms with Gasteiger partial charge in [0.05, 0.1) is 6.42 Å². The van der Waals surface area contributed by atoms with Gasteiger partial charge in [0.2, 0.25) is 5.91 Å². The number of carbonyl (C=O) groups excluding carboxylic acids is 1. The summed E-state index contributed by atoms with van der Waals surface area (Å²) >= 11 is 0. The molecule has 2 N–H and O–H groups in total. The monoisotopic (exact) mass is 288 g/mol. The molecule has 3 rings (SSSR count). The Labute approximate surface area is 121 Å². The van der Waals surface area contributed by atoms with Gasteiger partial charge in [-0.25, -0.2) is 8.78 Å². The van der Waals surface area contributed by atoms with Crippen LogP contribution in [-0.2, 0) is 24.3 Å². The average molecular weight is 288 g/mol. The number of fused-ring (bicyclic) bond motifs is 1. The van der Waals surface area contributed by atoms with Crippen LogP contribution < -0.4 is 5.73 Å². The van der Waals surface area contributed by atoms with Crippen LogP contribution in [-0.4, -0.2) is 10.8 Å². The zero-order valence-corrected chi connectivity index (χ0v) is 11.3. The third kappa shape index (κ3) is 2.72. The first-order chi connectivity index (χ1) is 10.0. The molecule has 0 fully saturated rings. The molecule has 0 aliphatic carbocycles. The first kappa shape index (κ1) is 13.5. The molecule has 2 aromatic rings. The van der Waals surface area contributed by atoms with E-state index in [0.29, 0.717) is 18.8 Å². The van der Waals surface area contributed by atoms with Crippen molar-refractivity contribution >= 4 is 11.6 Å². The van der Waals surface area contributed by atoms with Crippen molar-refractivity contribution in [1.29, 1.82) is 0 Å². The predicted molar refractivity (Wildman–Crippen MR) is 75.2 cm³/mol. The van der Waals surface area contributed by atoms with E-state index in [4.69, 9.17) is 5.73 Å². The summed E-state index contributed by atoms with van der Waals surface area (Å²) in [6.07, 6.45) is -0.0738. The average Bonchev–Trinajstić information content (AvgIpc) is 2.85. The lowest BCUT2D eigenvalue weighted by Gasteiger charge is -2.15. The SMILES string of the molecule is Nc1ccc2c(c1)CN(C(=O)Cc1ccc(F)cc1F)C2. The number of halogens is 2. The Morgan fingerprint density at radius 3 is 2.62 bits per heavy atom. The summed E-state index contributed by atoms with van der Waals surface area (Å²) in [6, 6.07) is 8.81. The Hall–Kier alpha value is -2.43. The molecule has 1 aliphatic rings. The van der Waals surface area contributed by atoms with E-state index >= 15 is 0 Å². The van der Waals surface area contributed by atoms with Crippen molar-refractivity contribution in [1.82, 2.24) is 4.90 Å². The molecular weight excluding hydrogens is 274 g/mol. The lowest BCUT2D eigenvalue weighted by atomic mass is 10.1. The number of benzene rings is 2. The zero-order valence-electron chi connectivity index (χ0n) is 11.3. The number of amides is 1. The summed E-state index contributed by atoms with van der Waals surface area (Å²) < 4.78 is 26.4. The van der Waals surface area contributed by atoms with Crippen LogP contribution in [0.15, 0.2) is 36.4 Å². The number of nitrogen functional groups attached to an aromatic ring is 1. The van der Waals surface area contributed by atoms with E-state index in [1.807, 2.05) is 12.1 Å². The molecule has 0 spiro atoms. The van der Waals surface area contributed by atoms with E-state index in [1.54, 1.807) is 11.0 Å². The van der Waals surface area contributed by atoms with Crippen LogP contribution in [0.2, 0.25) is 0 Å². The highest BCUT2D eigenvalue weighted by atomic mass is 19.1. The number of anilines is 1. The van der Waals surface area contributed by atoms with E-state index < -0.39 is 11.6 Å². The highest BCUT2D eigenvalue weighted by molar-refractivity contribution is 5.79. The largest absolute Gasteiger partial charge is 0.399 e. The Kier molecular flexibility index (Phi) is 3.33. The van der Waals surface area contributed by atoms with Crippen molar-refractivity contribution < 1.29 is 13.6 Å². The number of rotatable bonds is 2. The van der Waals surface area contributed by atoms with Gasteiger partial charge in [0.15, 0.2) is 0 Å². The summed E-state index contributed by atoms with van der Waals surface area (Å²) in [7, 11) is 0. The molecule has 0 bridgehead atoms. The van der Waals surface area contributed by atoms with Gasteiger partial charge in [0, 0.05) is 24.8 Å². The molecule has 0 radical (unpaired) electrons. The zero-order chi connectivity index (χ0) is 15.0. The van der Waals surface area contributed by atoms with Crippen molar-refractivity contribution in [3.05, 3.63) is 64.7 Å². The summed E-state index contributed by atoms with van der Waals surface area (Å²) in [4.78, 5) is 13.9. The Morgan fingerprint density at radius 2 is 1.86 bits per heavy atom. The molecule has 1 aliphatic heterocycles. The maximum atomic E-state index is 13.6. The number of carbonyl (C=O) groups is 1. The van der Waals surface area contributed by atoms with Crippen molar-refractivity contribution in [3.63, 3.8) is 0 Å². The fourth-order valence-electron chi connectivity index (χ4n) is 2.53. The topological polar surface area (TPSA) is 46.3 Å². The molecule has 21 heavy (non-hydrogen) atoms. The highest BCUT2D eigenvalue weighted by Crippen LogP contribution is 2.25. The molecule has 2 aromatic carbocycles. The lowest BCUT2D eigenvalue weighted by Crippen LogP contribution is -2.27. The minimum absolute atomic E-state index is 0.0738. The lowest BCUT2D eigenvalue weighted by molar-refractivity contribution is -0.131. The second kappa shape index (κ2) is 5.16. The van der Waals surface area contributed by atoms with E-state index in [2.05, 4.69) is 0 Å². The normalized spacial score (nSPS) is 13.3. The van der Waals surface area contributed by atoms with Gasteiger partial charge in [-0.2, -0.15) is 0 Å². The molecule has 0 atom stereocenters. The van der Waals surface area contributed by atoms with Crippen molar-refractivity contribution in [2.24, 2.45) is 0 Å². The van der Waals surface area contributed by atoms with Crippen molar-refractivity contribution in [2.45, 2.75) is 19.5 Å². The first-order valence-corrected chi connectivity index (χ1v) is 6.62. The van der Waals surface area contributed by atoms with Gasteiger partial charge in [0.1, 0.15) is 11.6 Å². The van der Waals surface area contributed by atoms with Crippen LogP contribution in [0.3, 0.4) is 0 Å². The van der Waals surface area contributed by atoms with E-state index in [1.165, 1.54) is 6.07 Å². The molecular formula is C16H14F2N2O. The van der Waals surface area contributed by atoms with Gasteiger partial charge in [0.25, 0.3) is 0 Å². The van der Waals surface area contributed by atoms with Gasteiger partial charge in [-0.15, -0.1) is 0 Å². The smallest absolute Gasteiger partial charge is 0.227 e. The number of nitrogens with zero attached hydrogens (tertiary/aromatic N) is 1. The molecule has 3 nitrogen and oxygen atoms in total. The molecule has 0 saturated carbocycles. The minimum Gasteiger partial charge on any atom is -0.399 e. The third-order valence-electron chi connectivity index (χ3n) is 3.66. The van der Waals surface area contributed by atoms with Crippen molar-refractivity contribution in [3.8, 4) is 0 Å². The maximum Gasteiger partial charge on any atom is 0.227 e. The Morgan fingerprint density at radius 1 is 1.10 bits per heavy atom. The van der Waals surface area contributed by atoms with Crippen LogP contribution in [0.25, 0.3) is 0 Å². The minimum atomic E-state index is -0.690. The number of hydrogen-bond acceptors (Lipinski definition) is 2. The van der Waals surface area contributed by atoms with Crippen LogP contribution >= 0.6 is 0 Å². The fourth-order valence-corrected chi connectivity index (χ4v) is 2.53. The summed E-state index contributed by atoms with van der Waals surface area (Å²) in [6.45, 7) is 0.972. The van der Waals surface area contributed by atoms with Gasteiger partial charge < -0.3 is 10.6 Å². The second-order valence-electron chi connectivity index (χ2n) is 5.19. The Bertz CT molecular complexity index is 715. The second-order valence-corrected chi connectivity index (χ2v) is 5.19. The summed E-state index contributed by atoms with van der Waals surface area (Å²) in [5.41, 5.74) is 8.66. The summed E-state index contributed by atoms with van der Waals surface area (Å²) in [5.74, 6) is -1.52. The summed E-state index contributed by atoms with van der Waals surface area (Å²) in [5, 5.41) is 0. The van der Waals surface area contributed by atoms with E-state index in [-0.39, 0.29) is 17.9 Å². The number of nitrogens with two attached hydrogens (primary N) is 1. The highest BCUT2D eigenvalue weighted by Gasteiger charge is 2.24. The maximum absolute atomic E-state index is 13.6. The molecule has 1 amide bonds. The number of hydrogen-bond donors (Lipinski definition) is 1. The molecule has 0 saturated heterocycles. The fraction of sp³-hybridized carbons (Fsp3) is 0.188. The first-order valence-electron chi connectivity index (χ1n) is 6.62. The van der Waals surface area contributed by atoms with Crippen LogP contribution in [0.4, 0.5) is 14.5 Å².